The predicted molar refractivity (Wildman–Crippen MR) is 91.5 cm³/mol. The molecule has 7 heteroatoms. The summed E-state index contributed by atoms with van der Waals surface area (Å²) in [6.45, 7) is 1.66. The number of aromatic nitrogens is 4. The van der Waals surface area contributed by atoms with Crippen LogP contribution in [0.25, 0.3) is 0 Å². The van der Waals surface area contributed by atoms with Crippen molar-refractivity contribution in [2.45, 2.75) is 13.0 Å². The zero-order chi connectivity index (χ0) is 15.9. The van der Waals surface area contributed by atoms with Gasteiger partial charge in [-0.3, -0.25) is 0 Å². The molecule has 0 aliphatic heterocycles. The van der Waals surface area contributed by atoms with Crippen molar-refractivity contribution in [3.63, 3.8) is 0 Å². The number of para-hydroxylation sites is 1. The normalized spacial score (nSPS) is 10.4. The molecule has 0 saturated carbocycles. The van der Waals surface area contributed by atoms with Crippen LogP contribution < -0.4 is 16.4 Å². The Labute approximate surface area is 134 Å². The van der Waals surface area contributed by atoms with E-state index in [2.05, 4.69) is 25.6 Å². The smallest absolute Gasteiger partial charge is 0.159 e. The first-order valence-corrected chi connectivity index (χ1v) is 7.45. The van der Waals surface area contributed by atoms with Crippen molar-refractivity contribution in [1.82, 2.24) is 19.5 Å². The predicted octanol–water partition coefficient (Wildman–Crippen LogP) is 2.50. The molecule has 7 nitrogen and oxygen atoms in total. The molecule has 3 rings (SSSR count). The highest BCUT2D eigenvalue weighted by Crippen LogP contribution is 2.25. The molecule has 0 saturated heterocycles. The summed E-state index contributed by atoms with van der Waals surface area (Å²) in [4.78, 5) is 12.4. The number of benzene rings is 1. The molecule has 0 atom stereocenters. The van der Waals surface area contributed by atoms with Crippen LogP contribution in [-0.4, -0.2) is 26.1 Å². The van der Waals surface area contributed by atoms with Gasteiger partial charge in [-0.05, 0) is 18.6 Å². The highest BCUT2D eigenvalue weighted by Gasteiger charge is 2.07. The summed E-state index contributed by atoms with van der Waals surface area (Å²) in [6, 6.07) is 9.78. The summed E-state index contributed by atoms with van der Waals surface area (Å²) in [6.07, 6.45) is 7.97. The third kappa shape index (κ3) is 3.97. The molecule has 0 radical (unpaired) electrons. The molecule has 1 aromatic carbocycles. The number of rotatable bonds is 7. The van der Waals surface area contributed by atoms with Gasteiger partial charge in [0.25, 0.3) is 0 Å². The lowest BCUT2D eigenvalue weighted by Gasteiger charge is -2.12. The highest BCUT2D eigenvalue weighted by atomic mass is 15.1. The topological polar surface area (TPSA) is 93.7 Å². The molecule has 118 valence electrons. The van der Waals surface area contributed by atoms with E-state index in [1.54, 1.807) is 12.5 Å². The molecular formula is C16H19N7. The second-order valence-corrected chi connectivity index (χ2v) is 5.06. The van der Waals surface area contributed by atoms with Crippen LogP contribution in [0.2, 0.25) is 0 Å². The minimum absolute atomic E-state index is 0.513. The monoisotopic (exact) mass is 309 g/mol. The molecule has 0 unspecified atom stereocenters. The van der Waals surface area contributed by atoms with Crippen LogP contribution in [0.5, 0.6) is 0 Å². The van der Waals surface area contributed by atoms with Crippen LogP contribution in [0.15, 0.2) is 55.4 Å². The Balaban J connectivity index is 1.58. The fraction of sp³-hybridized carbons (Fsp3) is 0.188. The average molecular weight is 309 g/mol. The Morgan fingerprint density at radius 1 is 1.09 bits per heavy atom. The van der Waals surface area contributed by atoms with E-state index in [4.69, 9.17) is 5.73 Å². The average Bonchev–Trinajstić information content (AvgIpc) is 3.09. The first-order chi connectivity index (χ1) is 11.3. The Morgan fingerprint density at radius 2 is 1.91 bits per heavy atom. The first kappa shape index (κ1) is 14.8. The van der Waals surface area contributed by atoms with Crippen molar-refractivity contribution in [3.8, 4) is 0 Å². The number of imidazole rings is 1. The van der Waals surface area contributed by atoms with E-state index >= 15 is 0 Å². The molecule has 3 aromatic rings. The van der Waals surface area contributed by atoms with Gasteiger partial charge in [0.05, 0.1) is 6.33 Å². The number of hydrogen-bond acceptors (Lipinski definition) is 6. The van der Waals surface area contributed by atoms with Crippen LogP contribution in [-0.2, 0) is 6.54 Å². The molecule has 2 aromatic heterocycles. The maximum Gasteiger partial charge on any atom is 0.159 e. The maximum atomic E-state index is 6.14. The zero-order valence-electron chi connectivity index (χ0n) is 12.7. The van der Waals surface area contributed by atoms with Gasteiger partial charge in [0.2, 0.25) is 0 Å². The van der Waals surface area contributed by atoms with E-state index < -0.39 is 0 Å². The van der Waals surface area contributed by atoms with E-state index in [1.807, 2.05) is 41.1 Å². The molecule has 0 amide bonds. The number of nitrogens with one attached hydrogen (secondary N) is 2. The summed E-state index contributed by atoms with van der Waals surface area (Å²) in [5, 5.41) is 6.45. The van der Waals surface area contributed by atoms with Gasteiger partial charge in [-0.25, -0.2) is 15.0 Å². The van der Waals surface area contributed by atoms with Gasteiger partial charge in [0, 0.05) is 31.2 Å². The molecule has 4 N–H and O–H groups in total. The number of nitrogens with two attached hydrogens (primary N) is 1. The van der Waals surface area contributed by atoms with Gasteiger partial charge in [0.1, 0.15) is 12.0 Å². The Morgan fingerprint density at radius 3 is 2.70 bits per heavy atom. The second-order valence-electron chi connectivity index (χ2n) is 5.06. The Hall–Kier alpha value is -3.09. The lowest BCUT2D eigenvalue weighted by atomic mass is 10.3. The van der Waals surface area contributed by atoms with E-state index in [0.29, 0.717) is 17.3 Å². The van der Waals surface area contributed by atoms with E-state index in [1.165, 1.54) is 6.33 Å². The van der Waals surface area contributed by atoms with Crippen LogP contribution in [0, 0.1) is 0 Å². The summed E-state index contributed by atoms with van der Waals surface area (Å²) in [5.74, 6) is 1.24. The van der Waals surface area contributed by atoms with Gasteiger partial charge in [-0.2, -0.15) is 0 Å². The molecule has 0 aliphatic carbocycles. The third-order valence-corrected chi connectivity index (χ3v) is 3.37. The quantitative estimate of drug-likeness (QED) is 0.581. The standard InChI is InChI=1S/C16H19N7/c17-14-15(19-7-4-9-23-10-8-18-12-23)20-11-21-16(14)22-13-5-2-1-3-6-13/h1-3,5-6,8,10-12H,4,7,9,17H2,(H2,19,20,21,22). The van der Waals surface area contributed by atoms with Gasteiger partial charge < -0.3 is 20.9 Å². The minimum atomic E-state index is 0.513. The van der Waals surface area contributed by atoms with E-state index in [-0.39, 0.29) is 0 Å². The van der Waals surface area contributed by atoms with E-state index in [0.717, 1.165) is 25.2 Å². The van der Waals surface area contributed by atoms with Gasteiger partial charge in [-0.1, -0.05) is 18.2 Å². The van der Waals surface area contributed by atoms with Crippen molar-refractivity contribution >= 4 is 23.0 Å². The maximum absolute atomic E-state index is 6.14. The van der Waals surface area contributed by atoms with Crippen molar-refractivity contribution in [1.29, 1.82) is 0 Å². The van der Waals surface area contributed by atoms with Gasteiger partial charge in [0.15, 0.2) is 11.6 Å². The fourth-order valence-electron chi connectivity index (χ4n) is 2.18. The van der Waals surface area contributed by atoms with Crippen LogP contribution in [0.1, 0.15) is 6.42 Å². The van der Waals surface area contributed by atoms with Crippen molar-refractivity contribution in [2.24, 2.45) is 0 Å². The van der Waals surface area contributed by atoms with Crippen LogP contribution >= 0.6 is 0 Å². The third-order valence-electron chi connectivity index (χ3n) is 3.37. The SMILES string of the molecule is Nc1c(NCCCn2ccnc2)ncnc1Nc1ccccc1. The zero-order valence-corrected chi connectivity index (χ0v) is 12.7. The molecule has 2 heterocycles. The number of aryl methyl sites for hydroxylation is 1. The fourth-order valence-corrected chi connectivity index (χ4v) is 2.18. The lowest BCUT2D eigenvalue weighted by molar-refractivity contribution is 0.660. The molecule has 0 fully saturated rings. The number of hydrogen-bond donors (Lipinski definition) is 3. The highest BCUT2D eigenvalue weighted by molar-refractivity contribution is 5.77. The summed E-state index contributed by atoms with van der Waals surface area (Å²) < 4.78 is 2.04. The molecular weight excluding hydrogens is 290 g/mol. The van der Waals surface area contributed by atoms with Crippen LogP contribution in [0.3, 0.4) is 0 Å². The molecule has 23 heavy (non-hydrogen) atoms. The first-order valence-electron chi connectivity index (χ1n) is 7.45. The minimum Gasteiger partial charge on any atom is -0.393 e. The summed E-state index contributed by atoms with van der Waals surface area (Å²) in [5.41, 5.74) is 7.59. The lowest BCUT2D eigenvalue weighted by Crippen LogP contribution is -2.10. The molecule has 0 aliphatic rings. The van der Waals surface area contributed by atoms with E-state index in [9.17, 15) is 0 Å². The number of nitrogen functional groups attached to an aromatic ring is 1. The number of anilines is 4. The summed E-state index contributed by atoms with van der Waals surface area (Å²) >= 11 is 0. The Bertz CT molecular complexity index is 725. The van der Waals surface area contributed by atoms with Gasteiger partial charge >= 0.3 is 0 Å². The Kier molecular flexibility index (Phi) is 4.68. The van der Waals surface area contributed by atoms with Crippen molar-refractivity contribution in [3.05, 3.63) is 55.4 Å². The molecule has 0 bridgehead atoms. The summed E-state index contributed by atoms with van der Waals surface area (Å²) in [7, 11) is 0. The van der Waals surface area contributed by atoms with Crippen molar-refractivity contribution < 1.29 is 0 Å². The largest absolute Gasteiger partial charge is 0.393 e. The second kappa shape index (κ2) is 7.26. The van der Waals surface area contributed by atoms with Crippen LogP contribution in [0.4, 0.5) is 23.0 Å². The number of nitrogens with zero attached hydrogens (tertiary/aromatic N) is 4. The molecule has 0 spiro atoms. The van der Waals surface area contributed by atoms with Crippen molar-refractivity contribution in [2.75, 3.05) is 22.9 Å². The van der Waals surface area contributed by atoms with Gasteiger partial charge in [-0.15, -0.1) is 0 Å².